The van der Waals surface area contributed by atoms with Crippen LogP contribution in [0.5, 0.6) is 5.75 Å². The molecule has 1 aliphatic rings. The zero-order valence-electron chi connectivity index (χ0n) is 11.5. The molecular weight excluding hydrogens is 304 g/mol. The number of hydrogen-bond acceptors (Lipinski definition) is 5. The first-order chi connectivity index (χ1) is 10.1. The van der Waals surface area contributed by atoms with Gasteiger partial charge < -0.3 is 10.5 Å². The number of nitrogens with two attached hydrogens (primary N) is 1. The summed E-state index contributed by atoms with van der Waals surface area (Å²) in [6.07, 6.45) is 3.10. The third-order valence-electron chi connectivity index (χ3n) is 3.51. The van der Waals surface area contributed by atoms with Crippen LogP contribution >= 0.6 is 23.6 Å². The van der Waals surface area contributed by atoms with Crippen LogP contribution in [0.25, 0.3) is 10.6 Å². The fourth-order valence-corrected chi connectivity index (χ4v) is 3.51. The normalized spacial score (nSPS) is 17.4. The molecule has 0 spiro atoms. The summed E-state index contributed by atoms with van der Waals surface area (Å²) < 4.78 is 5.36. The molecular formula is C15H14N2O2S2. The molecule has 0 bridgehead atoms. The van der Waals surface area contributed by atoms with Gasteiger partial charge in [-0.05, 0) is 42.3 Å². The quantitative estimate of drug-likeness (QED) is 0.861. The summed E-state index contributed by atoms with van der Waals surface area (Å²) in [4.78, 5) is 16.8. The van der Waals surface area contributed by atoms with Crippen LogP contribution in [0, 0.1) is 5.92 Å². The maximum absolute atomic E-state index is 12.4. The Hall–Kier alpha value is -1.79. The summed E-state index contributed by atoms with van der Waals surface area (Å²) >= 11 is 6.35. The lowest BCUT2D eigenvalue weighted by molar-refractivity contribution is 0.0951. The standard InChI is InChI=1S/C15H14N2O2S2/c1-8-6-10-9(14-17-4-5-21-14)2-3-12(19-15(16)20)13(10)11(18)7-8/h2-5,8H,6-7H2,1H3,(H2,16,20)/t8-/m0/s1. The number of Topliss-reactive ketones (excluding diaryl/α,β-unsaturated/α-hetero) is 1. The molecule has 0 aliphatic heterocycles. The summed E-state index contributed by atoms with van der Waals surface area (Å²) in [5, 5.41) is 2.76. The molecule has 0 amide bonds. The first kappa shape index (κ1) is 14.2. The SMILES string of the molecule is C[C@@H]1CC(=O)c2c(OC(N)=S)ccc(-c3nccs3)c2C1. The van der Waals surface area contributed by atoms with Gasteiger partial charge in [-0.15, -0.1) is 11.3 Å². The van der Waals surface area contributed by atoms with E-state index in [2.05, 4.69) is 11.9 Å². The molecule has 2 N–H and O–H groups in total. The van der Waals surface area contributed by atoms with Crippen LogP contribution in [0.2, 0.25) is 0 Å². The van der Waals surface area contributed by atoms with Gasteiger partial charge in [0.15, 0.2) is 5.78 Å². The minimum atomic E-state index is -0.0781. The number of rotatable bonds is 2. The maximum Gasteiger partial charge on any atom is 0.259 e. The fraction of sp³-hybridized carbons (Fsp3) is 0.267. The van der Waals surface area contributed by atoms with E-state index in [0.29, 0.717) is 23.7 Å². The van der Waals surface area contributed by atoms with Crippen LogP contribution in [-0.4, -0.2) is 15.9 Å². The number of ketones is 1. The Bertz CT molecular complexity index is 711. The number of carbonyl (C=O) groups excluding carboxylic acids is 1. The van der Waals surface area contributed by atoms with Crippen molar-refractivity contribution in [3.8, 4) is 16.3 Å². The van der Waals surface area contributed by atoms with Gasteiger partial charge in [-0.25, -0.2) is 4.98 Å². The van der Waals surface area contributed by atoms with Crippen molar-refractivity contribution in [2.45, 2.75) is 19.8 Å². The van der Waals surface area contributed by atoms with Crippen LogP contribution in [0.3, 0.4) is 0 Å². The summed E-state index contributed by atoms with van der Waals surface area (Å²) in [5.41, 5.74) is 8.04. The molecule has 1 aromatic carbocycles. The number of benzene rings is 1. The van der Waals surface area contributed by atoms with Crippen molar-refractivity contribution >= 4 is 34.5 Å². The second kappa shape index (κ2) is 5.54. The molecule has 3 rings (SSSR count). The number of thiocarbonyl (C=S) groups is 1. The van der Waals surface area contributed by atoms with Gasteiger partial charge in [0, 0.05) is 23.6 Å². The van der Waals surface area contributed by atoms with Crippen molar-refractivity contribution in [1.29, 1.82) is 0 Å². The maximum atomic E-state index is 12.4. The minimum absolute atomic E-state index is 0.0772. The Morgan fingerprint density at radius 1 is 1.48 bits per heavy atom. The fourth-order valence-electron chi connectivity index (χ4n) is 2.73. The predicted octanol–water partition coefficient (Wildman–Crippen LogP) is 3.20. The van der Waals surface area contributed by atoms with Crippen molar-refractivity contribution in [3.05, 3.63) is 34.8 Å². The average molecular weight is 318 g/mol. The van der Waals surface area contributed by atoms with E-state index in [1.54, 1.807) is 23.6 Å². The lowest BCUT2D eigenvalue weighted by Crippen LogP contribution is -2.23. The molecule has 108 valence electrons. The summed E-state index contributed by atoms with van der Waals surface area (Å²) in [7, 11) is 0. The van der Waals surface area contributed by atoms with Gasteiger partial charge in [-0.2, -0.15) is 0 Å². The molecule has 0 fully saturated rings. The van der Waals surface area contributed by atoms with Gasteiger partial charge in [0.2, 0.25) is 0 Å². The third-order valence-corrected chi connectivity index (χ3v) is 4.40. The Balaban J connectivity index is 2.20. The van der Waals surface area contributed by atoms with Crippen molar-refractivity contribution in [1.82, 2.24) is 4.98 Å². The molecule has 0 saturated carbocycles. The molecule has 1 aliphatic carbocycles. The molecule has 0 saturated heterocycles. The number of carbonyl (C=O) groups is 1. The molecule has 1 aromatic heterocycles. The highest BCUT2D eigenvalue weighted by Gasteiger charge is 2.29. The van der Waals surface area contributed by atoms with Gasteiger partial charge in [0.05, 0.1) is 5.56 Å². The molecule has 1 heterocycles. The average Bonchev–Trinajstić information content (AvgIpc) is 2.91. The predicted molar refractivity (Wildman–Crippen MR) is 86.8 cm³/mol. The van der Waals surface area contributed by atoms with E-state index in [4.69, 9.17) is 22.7 Å². The van der Waals surface area contributed by atoms with Crippen molar-refractivity contribution in [2.75, 3.05) is 0 Å². The van der Waals surface area contributed by atoms with Crippen molar-refractivity contribution in [3.63, 3.8) is 0 Å². The second-order valence-corrected chi connectivity index (χ2v) is 6.46. The van der Waals surface area contributed by atoms with Crippen LogP contribution in [0.1, 0.15) is 29.3 Å². The van der Waals surface area contributed by atoms with E-state index in [0.717, 1.165) is 22.6 Å². The monoisotopic (exact) mass is 318 g/mol. The lowest BCUT2D eigenvalue weighted by atomic mass is 9.81. The van der Waals surface area contributed by atoms with E-state index in [1.165, 1.54) is 0 Å². The Labute approximate surface area is 132 Å². The highest BCUT2D eigenvalue weighted by Crippen LogP contribution is 2.39. The van der Waals surface area contributed by atoms with E-state index in [9.17, 15) is 4.79 Å². The smallest absolute Gasteiger partial charge is 0.259 e. The molecule has 1 atom stereocenters. The van der Waals surface area contributed by atoms with E-state index in [1.807, 2.05) is 11.4 Å². The molecule has 0 radical (unpaired) electrons. The topological polar surface area (TPSA) is 65.2 Å². The molecule has 21 heavy (non-hydrogen) atoms. The van der Waals surface area contributed by atoms with E-state index < -0.39 is 0 Å². The van der Waals surface area contributed by atoms with Crippen LogP contribution in [0.4, 0.5) is 0 Å². The number of ether oxygens (including phenoxy) is 1. The number of hydrogen-bond donors (Lipinski definition) is 1. The molecule has 2 aromatic rings. The van der Waals surface area contributed by atoms with Crippen LogP contribution < -0.4 is 10.5 Å². The Kier molecular flexibility index (Phi) is 3.73. The number of thiazole rings is 1. The van der Waals surface area contributed by atoms with Gasteiger partial charge in [0.25, 0.3) is 5.17 Å². The Morgan fingerprint density at radius 2 is 2.29 bits per heavy atom. The third kappa shape index (κ3) is 2.69. The van der Waals surface area contributed by atoms with Crippen LogP contribution in [0.15, 0.2) is 23.7 Å². The Morgan fingerprint density at radius 3 is 2.95 bits per heavy atom. The number of nitrogens with zero attached hydrogens (tertiary/aromatic N) is 1. The highest BCUT2D eigenvalue weighted by atomic mass is 32.1. The highest BCUT2D eigenvalue weighted by molar-refractivity contribution is 7.80. The van der Waals surface area contributed by atoms with Crippen molar-refractivity contribution in [2.24, 2.45) is 11.7 Å². The number of fused-ring (bicyclic) bond motifs is 1. The summed E-state index contributed by atoms with van der Waals surface area (Å²) in [6, 6.07) is 3.68. The van der Waals surface area contributed by atoms with Gasteiger partial charge >= 0.3 is 0 Å². The second-order valence-electron chi connectivity index (χ2n) is 5.16. The van der Waals surface area contributed by atoms with E-state index in [-0.39, 0.29) is 11.0 Å². The first-order valence-corrected chi connectivity index (χ1v) is 7.91. The molecule has 4 nitrogen and oxygen atoms in total. The largest absolute Gasteiger partial charge is 0.431 e. The lowest BCUT2D eigenvalue weighted by Gasteiger charge is -2.24. The van der Waals surface area contributed by atoms with Gasteiger partial charge in [-0.3, -0.25) is 4.79 Å². The minimum Gasteiger partial charge on any atom is -0.431 e. The van der Waals surface area contributed by atoms with Gasteiger partial charge in [-0.1, -0.05) is 6.92 Å². The summed E-state index contributed by atoms with van der Waals surface area (Å²) in [6.45, 7) is 2.08. The van der Waals surface area contributed by atoms with Crippen LogP contribution in [-0.2, 0) is 6.42 Å². The molecule has 0 unspecified atom stereocenters. The van der Waals surface area contributed by atoms with Crippen molar-refractivity contribution < 1.29 is 9.53 Å². The van der Waals surface area contributed by atoms with E-state index >= 15 is 0 Å². The molecule has 6 heteroatoms. The van der Waals surface area contributed by atoms with Gasteiger partial charge in [0.1, 0.15) is 10.8 Å². The summed E-state index contributed by atoms with van der Waals surface area (Å²) in [5.74, 6) is 0.840. The zero-order chi connectivity index (χ0) is 15.0. The zero-order valence-corrected chi connectivity index (χ0v) is 13.1. The first-order valence-electron chi connectivity index (χ1n) is 6.62. The number of aromatic nitrogens is 1.